The fraction of sp³-hybridized carbons (Fsp3) is 0.750. The number of rotatable bonds is 8. The van der Waals surface area contributed by atoms with Crippen molar-refractivity contribution in [3.05, 3.63) is 23.8 Å². The maximum Gasteiger partial charge on any atom is 0.351 e. The van der Waals surface area contributed by atoms with E-state index in [-0.39, 0.29) is 24.5 Å². The lowest BCUT2D eigenvalue weighted by Crippen LogP contribution is -2.70. The Bertz CT molecular complexity index is 1010. The molecular weight excluding hydrogens is 479 g/mol. The Morgan fingerprint density at radius 3 is 2.62 bits per heavy atom. The van der Waals surface area contributed by atoms with Gasteiger partial charge in [-0.05, 0) is 57.7 Å². The molecule has 4 aliphatic carbocycles. The Morgan fingerprint density at radius 1 is 1.22 bits per heavy atom. The third-order valence-electron chi connectivity index (χ3n) is 10.0. The number of likely N-dealkylation sites (N-methyl/N-ethyl adjacent to an activating group) is 1. The zero-order valence-electron chi connectivity index (χ0n) is 22.6. The maximum absolute atomic E-state index is 17.4. The van der Waals surface area contributed by atoms with Crippen molar-refractivity contribution in [1.29, 1.82) is 0 Å². The van der Waals surface area contributed by atoms with Gasteiger partial charge in [0.15, 0.2) is 11.5 Å². The first-order valence-corrected chi connectivity index (χ1v) is 13.4. The minimum absolute atomic E-state index is 0.0670. The highest BCUT2D eigenvalue weighted by Gasteiger charge is 2.77. The topological polar surface area (TPSA) is 114 Å². The predicted molar refractivity (Wildman–Crippen MR) is 135 cm³/mol. The van der Waals surface area contributed by atoms with Crippen LogP contribution in [0.3, 0.4) is 0 Å². The molecule has 0 amide bonds. The van der Waals surface area contributed by atoms with Gasteiger partial charge in [-0.25, -0.2) is 9.18 Å². The molecule has 0 aromatic rings. The van der Waals surface area contributed by atoms with Crippen LogP contribution in [0.15, 0.2) is 23.8 Å². The minimum Gasteiger partial charge on any atom is -0.466 e. The van der Waals surface area contributed by atoms with Crippen LogP contribution in [-0.2, 0) is 23.9 Å². The maximum atomic E-state index is 17.4. The number of ether oxygens (including phenoxy) is 2. The molecule has 3 fully saturated rings. The molecule has 3 N–H and O–H groups in total. The highest BCUT2D eigenvalue weighted by molar-refractivity contribution is 6.01. The van der Waals surface area contributed by atoms with E-state index in [0.717, 1.165) is 6.54 Å². The molecule has 4 rings (SSSR count). The van der Waals surface area contributed by atoms with Gasteiger partial charge in [-0.3, -0.25) is 9.59 Å². The molecular formula is C28H41FN2O6. The van der Waals surface area contributed by atoms with Gasteiger partial charge < -0.3 is 25.2 Å². The Balaban J connectivity index is 1.68. The van der Waals surface area contributed by atoms with E-state index in [1.165, 1.54) is 19.3 Å². The molecule has 0 radical (unpaired) electrons. The molecule has 37 heavy (non-hydrogen) atoms. The molecule has 3 saturated carbocycles. The van der Waals surface area contributed by atoms with E-state index in [9.17, 15) is 19.5 Å². The van der Waals surface area contributed by atoms with Gasteiger partial charge in [0.1, 0.15) is 0 Å². The summed E-state index contributed by atoms with van der Waals surface area (Å²) in [6, 6.07) is 0. The summed E-state index contributed by atoms with van der Waals surface area (Å²) in [5, 5.41) is 17.7. The number of aliphatic hydroxyl groups excluding tert-OH is 1. The molecule has 206 valence electrons. The largest absolute Gasteiger partial charge is 0.466 e. The Kier molecular flexibility index (Phi) is 7.47. The van der Waals surface area contributed by atoms with Crippen LogP contribution >= 0.6 is 0 Å². The van der Waals surface area contributed by atoms with E-state index >= 15 is 4.39 Å². The number of allylic oxidation sites excluding steroid dienone is 4. The lowest BCUT2D eigenvalue weighted by atomic mass is 9.44. The molecule has 8 nitrogen and oxygen atoms in total. The van der Waals surface area contributed by atoms with Gasteiger partial charge in [0.05, 0.1) is 19.6 Å². The molecule has 0 spiro atoms. The monoisotopic (exact) mass is 520 g/mol. The van der Waals surface area contributed by atoms with E-state index in [1.54, 1.807) is 13.0 Å². The SMILES string of the molecule is CNCCNCCC(=O)OC1(C(=O)OC)[C@H](C)CC2C3CCC4=CC(=O)C=C[C@]4(C)[C@@]3(F)[C@@H](O)C[C@@]21C. The van der Waals surface area contributed by atoms with Crippen LogP contribution in [0.2, 0.25) is 0 Å². The lowest BCUT2D eigenvalue weighted by molar-refractivity contribution is -0.235. The smallest absolute Gasteiger partial charge is 0.351 e. The number of carbonyl (C=O) groups is 3. The summed E-state index contributed by atoms with van der Waals surface area (Å²) in [6.45, 7) is 7.27. The van der Waals surface area contributed by atoms with Crippen molar-refractivity contribution in [3.63, 3.8) is 0 Å². The summed E-state index contributed by atoms with van der Waals surface area (Å²) in [5.41, 5.74) is -5.11. The number of carbonyl (C=O) groups excluding carboxylic acids is 3. The van der Waals surface area contributed by atoms with Crippen LogP contribution in [0.1, 0.15) is 52.9 Å². The number of alkyl halides is 1. The number of nitrogens with one attached hydrogen (secondary N) is 2. The number of fused-ring (bicyclic) bond motifs is 5. The molecule has 0 saturated heterocycles. The van der Waals surface area contributed by atoms with Gasteiger partial charge in [-0.15, -0.1) is 0 Å². The number of hydrogen-bond donors (Lipinski definition) is 3. The zero-order valence-corrected chi connectivity index (χ0v) is 22.6. The first-order chi connectivity index (χ1) is 17.4. The number of esters is 2. The van der Waals surface area contributed by atoms with Crippen molar-refractivity contribution in [2.75, 3.05) is 33.8 Å². The van der Waals surface area contributed by atoms with Gasteiger partial charge in [-0.2, -0.15) is 0 Å². The normalized spacial score (nSPS) is 42.4. The number of methoxy groups -OCH3 is 1. The fourth-order valence-corrected chi connectivity index (χ4v) is 8.14. The second-order valence-electron chi connectivity index (χ2n) is 11.7. The van der Waals surface area contributed by atoms with Crippen LogP contribution in [0, 0.1) is 28.6 Å². The number of halogens is 1. The molecule has 3 unspecified atom stereocenters. The quantitative estimate of drug-likeness (QED) is 0.330. The average molecular weight is 521 g/mol. The first-order valence-electron chi connectivity index (χ1n) is 13.4. The van der Waals surface area contributed by atoms with Crippen LogP contribution in [0.25, 0.3) is 0 Å². The van der Waals surface area contributed by atoms with Crippen LogP contribution < -0.4 is 10.6 Å². The second kappa shape index (κ2) is 9.89. The summed E-state index contributed by atoms with van der Waals surface area (Å²) in [6.07, 6.45) is 4.49. The minimum atomic E-state index is -2.02. The van der Waals surface area contributed by atoms with Crippen LogP contribution in [-0.4, -0.2) is 74.0 Å². The van der Waals surface area contributed by atoms with Crippen molar-refractivity contribution in [2.45, 2.75) is 70.2 Å². The summed E-state index contributed by atoms with van der Waals surface area (Å²) in [5.74, 6) is -2.71. The standard InChI is InChI=1S/C28H41FN2O6/c1-17-14-21-20-7-6-18-15-19(32)8-10-25(18,2)27(20,29)22(33)16-26(21,3)28(17,24(35)36-5)37-23(34)9-11-31-13-12-30-4/h8,10,15,17,20-22,30-31,33H,6-7,9,11-14,16H2,1-5H3/t17-,20?,21?,22+,25+,26+,27+,28?/m1/s1. The Morgan fingerprint density at radius 2 is 1.95 bits per heavy atom. The van der Waals surface area contributed by atoms with E-state index in [4.69, 9.17) is 9.47 Å². The summed E-state index contributed by atoms with van der Waals surface area (Å²) in [7, 11) is 3.11. The molecule has 9 heteroatoms. The van der Waals surface area contributed by atoms with Crippen molar-refractivity contribution >= 4 is 17.7 Å². The number of aliphatic hydroxyl groups is 1. The molecule has 4 aliphatic rings. The lowest BCUT2D eigenvalue weighted by Gasteiger charge is -2.62. The van der Waals surface area contributed by atoms with Crippen LogP contribution in [0.4, 0.5) is 4.39 Å². The first kappa shape index (κ1) is 27.9. The van der Waals surface area contributed by atoms with E-state index in [0.29, 0.717) is 37.9 Å². The molecule has 8 atom stereocenters. The van der Waals surface area contributed by atoms with Crippen molar-refractivity contribution in [3.8, 4) is 0 Å². The van der Waals surface area contributed by atoms with Crippen molar-refractivity contribution in [1.82, 2.24) is 10.6 Å². The van der Waals surface area contributed by atoms with Gasteiger partial charge >= 0.3 is 11.9 Å². The van der Waals surface area contributed by atoms with Crippen molar-refractivity contribution in [2.24, 2.45) is 28.6 Å². The molecule has 0 heterocycles. The highest BCUT2D eigenvalue weighted by atomic mass is 19.1. The third kappa shape index (κ3) is 3.91. The Labute approximate surface area is 218 Å². The predicted octanol–water partition coefficient (Wildman–Crippen LogP) is 2.26. The van der Waals surface area contributed by atoms with E-state index in [2.05, 4.69) is 10.6 Å². The van der Waals surface area contributed by atoms with Gasteiger partial charge in [0.25, 0.3) is 0 Å². The fourth-order valence-electron chi connectivity index (χ4n) is 8.14. The summed E-state index contributed by atoms with van der Waals surface area (Å²) >= 11 is 0. The van der Waals surface area contributed by atoms with E-state index in [1.807, 2.05) is 20.9 Å². The number of ketones is 1. The van der Waals surface area contributed by atoms with E-state index < -0.39 is 52.0 Å². The second-order valence-corrected chi connectivity index (χ2v) is 11.7. The van der Waals surface area contributed by atoms with Gasteiger partial charge in [0, 0.05) is 42.3 Å². The third-order valence-corrected chi connectivity index (χ3v) is 10.0. The molecule has 0 aromatic carbocycles. The summed E-state index contributed by atoms with van der Waals surface area (Å²) < 4.78 is 28.7. The molecule has 0 aromatic heterocycles. The average Bonchev–Trinajstić information content (AvgIpc) is 3.06. The van der Waals surface area contributed by atoms with Gasteiger partial charge in [0.2, 0.25) is 5.60 Å². The zero-order chi connectivity index (χ0) is 27.2. The molecule has 0 bridgehead atoms. The van der Waals surface area contributed by atoms with Gasteiger partial charge in [-0.1, -0.05) is 25.5 Å². The molecule has 0 aliphatic heterocycles. The highest BCUT2D eigenvalue weighted by Crippen LogP contribution is 2.71. The van der Waals surface area contributed by atoms with Crippen molar-refractivity contribution < 1.29 is 33.4 Å². The van der Waals surface area contributed by atoms with Crippen LogP contribution in [0.5, 0.6) is 0 Å². The number of hydrogen-bond acceptors (Lipinski definition) is 8. The summed E-state index contributed by atoms with van der Waals surface area (Å²) in [4.78, 5) is 38.6. The Hall–Kier alpha value is -2.10.